The van der Waals surface area contributed by atoms with Gasteiger partial charge in [0.1, 0.15) is 0 Å². The van der Waals surface area contributed by atoms with Crippen LogP contribution in [0.1, 0.15) is 0 Å². The molecule has 0 amide bonds. The second-order valence-electron chi connectivity index (χ2n) is 11.5. The van der Waals surface area contributed by atoms with Crippen LogP contribution in [-0.4, -0.2) is 19.9 Å². The Bertz CT molecular complexity index is 2570. The highest BCUT2D eigenvalue weighted by molar-refractivity contribution is 6.08. The fourth-order valence-electron chi connectivity index (χ4n) is 6.35. The molecule has 0 spiro atoms. The lowest BCUT2D eigenvalue weighted by Crippen LogP contribution is -1.89. The fraction of sp³-hybridized carbons (Fsp3) is 0. The number of pyridine rings is 4. The van der Waals surface area contributed by atoms with E-state index in [1.807, 2.05) is 36.7 Å². The van der Waals surface area contributed by atoms with Gasteiger partial charge in [0, 0.05) is 45.1 Å². The van der Waals surface area contributed by atoms with Crippen LogP contribution in [0.15, 0.2) is 158 Å². The molecule has 9 aromatic rings. The van der Waals surface area contributed by atoms with Gasteiger partial charge >= 0.3 is 0 Å². The third-order valence-corrected chi connectivity index (χ3v) is 8.76. The summed E-state index contributed by atoms with van der Waals surface area (Å²) in [4.78, 5) is 19.4. The molecule has 0 radical (unpaired) electrons. The van der Waals surface area contributed by atoms with Crippen LogP contribution >= 0.6 is 0 Å². The van der Waals surface area contributed by atoms with Gasteiger partial charge in [-0.2, -0.15) is 0 Å². The molecule has 4 heteroatoms. The second kappa shape index (κ2) is 10.7. The molecule has 4 nitrogen and oxygen atoms in total. The number of rotatable bonds is 4. The lowest BCUT2D eigenvalue weighted by Gasteiger charge is -2.10. The maximum Gasteiger partial charge on any atom is 0.0970 e. The lowest BCUT2D eigenvalue weighted by molar-refractivity contribution is 1.37. The quantitative estimate of drug-likeness (QED) is 0.193. The zero-order chi connectivity index (χ0) is 30.5. The molecule has 46 heavy (non-hydrogen) atoms. The van der Waals surface area contributed by atoms with Crippen LogP contribution in [-0.2, 0) is 0 Å². The molecule has 5 aromatic carbocycles. The molecule has 0 bridgehead atoms. The number of benzene rings is 5. The van der Waals surface area contributed by atoms with Gasteiger partial charge in [0.05, 0.1) is 33.5 Å². The van der Waals surface area contributed by atoms with E-state index in [4.69, 9.17) is 9.97 Å². The maximum absolute atomic E-state index is 5.10. The molecule has 4 heterocycles. The van der Waals surface area contributed by atoms with Crippen LogP contribution < -0.4 is 0 Å². The average Bonchev–Trinajstić information content (AvgIpc) is 3.14. The van der Waals surface area contributed by atoms with E-state index in [0.717, 1.165) is 88.4 Å². The van der Waals surface area contributed by atoms with Gasteiger partial charge in [-0.3, -0.25) is 9.97 Å². The summed E-state index contributed by atoms with van der Waals surface area (Å²) < 4.78 is 0. The zero-order valence-electron chi connectivity index (χ0n) is 24.8. The summed E-state index contributed by atoms with van der Waals surface area (Å²) in [5.74, 6) is 0. The predicted molar refractivity (Wildman–Crippen MR) is 189 cm³/mol. The van der Waals surface area contributed by atoms with Crippen molar-refractivity contribution in [3.8, 4) is 44.8 Å². The molecule has 4 aromatic heterocycles. The van der Waals surface area contributed by atoms with Crippen LogP contribution in [0.25, 0.3) is 88.4 Å². The van der Waals surface area contributed by atoms with Crippen molar-refractivity contribution in [2.24, 2.45) is 0 Å². The molecule has 0 saturated carbocycles. The largest absolute Gasteiger partial charge is 0.254 e. The van der Waals surface area contributed by atoms with Crippen molar-refractivity contribution in [1.82, 2.24) is 19.9 Å². The van der Waals surface area contributed by atoms with Crippen LogP contribution in [0.5, 0.6) is 0 Å². The van der Waals surface area contributed by atoms with E-state index in [-0.39, 0.29) is 0 Å². The van der Waals surface area contributed by atoms with Crippen molar-refractivity contribution in [2.45, 2.75) is 0 Å². The first kappa shape index (κ1) is 26.2. The van der Waals surface area contributed by atoms with Crippen LogP contribution in [0.4, 0.5) is 0 Å². The molecule has 0 unspecified atom stereocenters. The molecule has 0 N–H and O–H groups in total. The highest BCUT2D eigenvalue weighted by atomic mass is 14.7. The van der Waals surface area contributed by atoms with Gasteiger partial charge in [-0.25, -0.2) is 9.97 Å². The van der Waals surface area contributed by atoms with Crippen molar-refractivity contribution >= 4 is 43.6 Å². The summed E-state index contributed by atoms with van der Waals surface area (Å²) in [6.07, 6.45) is 3.70. The minimum atomic E-state index is 0.922. The lowest BCUT2D eigenvalue weighted by atomic mass is 9.98. The Hall–Kier alpha value is -6.26. The van der Waals surface area contributed by atoms with E-state index in [9.17, 15) is 0 Å². The number of aromatic nitrogens is 4. The molecule has 0 aliphatic heterocycles. The molecule has 0 aliphatic rings. The summed E-state index contributed by atoms with van der Waals surface area (Å²) in [6, 6.07) is 50.8. The van der Waals surface area contributed by atoms with E-state index in [1.54, 1.807) is 0 Å². The Morgan fingerprint density at radius 3 is 1.61 bits per heavy atom. The normalized spacial score (nSPS) is 11.5. The molecular weight excluding hydrogens is 560 g/mol. The van der Waals surface area contributed by atoms with Crippen molar-refractivity contribution in [2.75, 3.05) is 0 Å². The van der Waals surface area contributed by atoms with Crippen molar-refractivity contribution in [3.63, 3.8) is 0 Å². The van der Waals surface area contributed by atoms with Gasteiger partial charge in [-0.05, 0) is 58.7 Å². The average molecular weight is 587 g/mol. The molecule has 9 rings (SSSR count). The number of hydrogen-bond acceptors (Lipinski definition) is 4. The monoisotopic (exact) mass is 586 g/mol. The van der Waals surface area contributed by atoms with Crippen LogP contribution in [0.3, 0.4) is 0 Å². The summed E-state index contributed by atoms with van der Waals surface area (Å²) in [5, 5.41) is 4.42. The molecule has 0 fully saturated rings. The maximum atomic E-state index is 5.10. The molecule has 0 atom stereocenters. The smallest absolute Gasteiger partial charge is 0.0970 e. The van der Waals surface area contributed by atoms with Gasteiger partial charge < -0.3 is 0 Å². The summed E-state index contributed by atoms with van der Waals surface area (Å²) in [5.41, 5.74) is 12.4. The van der Waals surface area contributed by atoms with Gasteiger partial charge in [0.25, 0.3) is 0 Å². The van der Waals surface area contributed by atoms with Crippen molar-refractivity contribution in [3.05, 3.63) is 158 Å². The van der Waals surface area contributed by atoms with E-state index >= 15 is 0 Å². The minimum Gasteiger partial charge on any atom is -0.254 e. The first-order valence-corrected chi connectivity index (χ1v) is 15.4. The summed E-state index contributed by atoms with van der Waals surface area (Å²) in [7, 11) is 0. The first-order valence-electron chi connectivity index (χ1n) is 15.4. The highest BCUT2D eigenvalue weighted by Crippen LogP contribution is 2.33. The van der Waals surface area contributed by atoms with Crippen molar-refractivity contribution < 1.29 is 0 Å². The first-order chi connectivity index (χ1) is 22.8. The van der Waals surface area contributed by atoms with E-state index in [2.05, 4.69) is 131 Å². The standard InChI is InChI=1S/C42H26N4/c1-2-5-28(6-3-1)37-20-17-30-12-14-33(25-39(30)45-37)34-15-13-31-18-21-38(46-40(31)26-34)29-10-8-27(9-11-29)35-22-24-44-42-36(35)19-16-32-7-4-23-43-41(32)42/h1-26H. The topological polar surface area (TPSA) is 51.6 Å². The van der Waals surface area contributed by atoms with Gasteiger partial charge in [-0.15, -0.1) is 0 Å². The molecule has 214 valence electrons. The Morgan fingerprint density at radius 2 is 0.913 bits per heavy atom. The number of fused-ring (bicyclic) bond motifs is 5. The van der Waals surface area contributed by atoms with Crippen LogP contribution in [0, 0.1) is 0 Å². The second-order valence-corrected chi connectivity index (χ2v) is 11.5. The van der Waals surface area contributed by atoms with E-state index in [0.29, 0.717) is 0 Å². The Balaban J connectivity index is 1.05. The third-order valence-electron chi connectivity index (χ3n) is 8.76. The van der Waals surface area contributed by atoms with Gasteiger partial charge in [0.2, 0.25) is 0 Å². The fourth-order valence-corrected chi connectivity index (χ4v) is 6.35. The van der Waals surface area contributed by atoms with Gasteiger partial charge in [-0.1, -0.05) is 109 Å². The molecule has 0 aliphatic carbocycles. The van der Waals surface area contributed by atoms with Crippen LogP contribution in [0.2, 0.25) is 0 Å². The number of nitrogens with zero attached hydrogens (tertiary/aromatic N) is 4. The minimum absolute atomic E-state index is 0.922. The Morgan fingerprint density at radius 1 is 0.348 bits per heavy atom. The summed E-state index contributed by atoms with van der Waals surface area (Å²) >= 11 is 0. The molecular formula is C42H26N4. The van der Waals surface area contributed by atoms with E-state index in [1.165, 1.54) is 0 Å². The predicted octanol–water partition coefficient (Wildman–Crippen LogP) is 10.5. The molecule has 0 saturated heterocycles. The Labute approximate surface area is 265 Å². The van der Waals surface area contributed by atoms with Gasteiger partial charge in [0.15, 0.2) is 0 Å². The number of hydrogen-bond donors (Lipinski definition) is 0. The summed E-state index contributed by atoms with van der Waals surface area (Å²) in [6.45, 7) is 0. The van der Waals surface area contributed by atoms with Crippen molar-refractivity contribution in [1.29, 1.82) is 0 Å². The SMILES string of the molecule is c1ccc(-c2ccc3ccc(-c4ccc5ccc(-c6ccc(-c7ccnc8c7ccc7cccnc78)cc6)nc5c4)cc3n2)cc1. The zero-order valence-corrected chi connectivity index (χ0v) is 24.8. The van der Waals surface area contributed by atoms with E-state index < -0.39 is 0 Å². The highest BCUT2D eigenvalue weighted by Gasteiger charge is 2.11. The Kier molecular flexibility index (Phi) is 6.10. The third kappa shape index (κ3) is 4.56.